The van der Waals surface area contributed by atoms with E-state index in [0.717, 1.165) is 17.4 Å². The van der Waals surface area contributed by atoms with Crippen LogP contribution in [0.2, 0.25) is 0 Å². The van der Waals surface area contributed by atoms with E-state index in [9.17, 15) is 15.0 Å². The van der Waals surface area contributed by atoms with Crippen LogP contribution in [0.1, 0.15) is 5.56 Å². The van der Waals surface area contributed by atoms with Crippen LogP contribution in [0.5, 0.6) is 11.5 Å². The van der Waals surface area contributed by atoms with E-state index < -0.39 is 0 Å². The van der Waals surface area contributed by atoms with Crippen LogP contribution in [-0.2, 0) is 4.79 Å². The van der Waals surface area contributed by atoms with E-state index in [1.54, 1.807) is 6.08 Å². The highest BCUT2D eigenvalue weighted by Crippen LogP contribution is 2.34. The Bertz CT molecular complexity index is 806. The number of anilines is 1. The molecule has 23 heavy (non-hydrogen) atoms. The van der Waals surface area contributed by atoms with Gasteiger partial charge >= 0.3 is 0 Å². The average Bonchev–Trinajstić information content (AvgIpc) is 2.79. The molecule has 1 aliphatic rings. The molecule has 1 aliphatic heterocycles. The van der Waals surface area contributed by atoms with Crippen LogP contribution in [0.25, 0.3) is 6.08 Å². The minimum atomic E-state index is -0.295. The van der Waals surface area contributed by atoms with Gasteiger partial charge in [-0.1, -0.05) is 30.0 Å². The van der Waals surface area contributed by atoms with Crippen molar-refractivity contribution in [1.82, 2.24) is 5.01 Å². The minimum absolute atomic E-state index is 0.0436. The smallest absolute Gasteiger partial charge is 0.285 e. The Morgan fingerprint density at radius 3 is 2.57 bits per heavy atom. The van der Waals surface area contributed by atoms with Gasteiger partial charge in [-0.25, -0.2) is 5.01 Å². The van der Waals surface area contributed by atoms with Crippen molar-refractivity contribution in [2.24, 2.45) is 0 Å². The molecule has 0 aromatic heterocycles. The number of phenols is 2. The van der Waals surface area contributed by atoms with Crippen LogP contribution in [0.4, 0.5) is 5.69 Å². The van der Waals surface area contributed by atoms with Gasteiger partial charge in [0, 0.05) is 11.6 Å². The summed E-state index contributed by atoms with van der Waals surface area (Å²) in [5.74, 6) is -0.444. The predicted molar refractivity (Wildman–Crippen MR) is 94.8 cm³/mol. The quantitative estimate of drug-likeness (QED) is 0.586. The number of carbonyl (C=O) groups is 1. The summed E-state index contributed by atoms with van der Waals surface area (Å²) < 4.78 is 0.378. The number of para-hydroxylation sites is 1. The number of benzene rings is 2. The highest BCUT2D eigenvalue weighted by Gasteiger charge is 2.32. The Balaban J connectivity index is 1.84. The highest BCUT2D eigenvalue weighted by molar-refractivity contribution is 8.26. The van der Waals surface area contributed by atoms with Crippen LogP contribution < -0.4 is 5.43 Å². The van der Waals surface area contributed by atoms with Gasteiger partial charge in [-0.05, 0) is 42.6 Å². The Morgan fingerprint density at radius 1 is 1.13 bits per heavy atom. The van der Waals surface area contributed by atoms with Crippen molar-refractivity contribution in [3.05, 3.63) is 59.0 Å². The monoisotopic (exact) mass is 344 g/mol. The molecule has 0 spiro atoms. The minimum Gasteiger partial charge on any atom is -0.508 e. The van der Waals surface area contributed by atoms with Crippen molar-refractivity contribution in [2.45, 2.75) is 0 Å². The molecule has 2 aromatic carbocycles. The summed E-state index contributed by atoms with van der Waals surface area (Å²) >= 11 is 6.37. The van der Waals surface area contributed by atoms with Crippen molar-refractivity contribution in [3.63, 3.8) is 0 Å². The molecule has 0 bridgehead atoms. The van der Waals surface area contributed by atoms with Crippen molar-refractivity contribution in [2.75, 3.05) is 5.43 Å². The number of rotatable bonds is 3. The fourth-order valence-electron chi connectivity index (χ4n) is 2.00. The van der Waals surface area contributed by atoms with Gasteiger partial charge in [0.1, 0.15) is 11.5 Å². The van der Waals surface area contributed by atoms with Crippen molar-refractivity contribution in [3.8, 4) is 11.5 Å². The van der Waals surface area contributed by atoms with Gasteiger partial charge in [0.2, 0.25) is 0 Å². The fourth-order valence-corrected chi connectivity index (χ4v) is 3.17. The second kappa shape index (κ2) is 6.31. The number of nitrogens with zero attached hydrogens (tertiary/aromatic N) is 1. The number of thiocarbonyl (C=S) groups is 1. The Labute approximate surface area is 142 Å². The van der Waals surface area contributed by atoms with Crippen molar-refractivity contribution < 1.29 is 15.0 Å². The zero-order valence-corrected chi connectivity index (χ0v) is 13.4. The summed E-state index contributed by atoms with van der Waals surface area (Å²) in [6.07, 6.45) is 1.54. The van der Waals surface area contributed by atoms with Gasteiger partial charge in [-0.15, -0.1) is 0 Å². The number of carbonyl (C=O) groups excluding carboxylic acids is 1. The average molecular weight is 344 g/mol. The number of hydrogen-bond acceptors (Lipinski definition) is 6. The maximum Gasteiger partial charge on any atom is 0.285 e. The molecule has 5 nitrogen and oxygen atoms in total. The number of nitrogens with one attached hydrogen (secondary N) is 1. The van der Waals surface area contributed by atoms with E-state index in [1.165, 1.54) is 23.2 Å². The second-order valence-corrected chi connectivity index (χ2v) is 6.41. The predicted octanol–water partition coefficient (Wildman–Crippen LogP) is 3.33. The lowest BCUT2D eigenvalue weighted by Crippen LogP contribution is -2.33. The van der Waals surface area contributed by atoms with E-state index in [1.807, 2.05) is 30.3 Å². The van der Waals surface area contributed by atoms with Gasteiger partial charge in [-0.3, -0.25) is 10.2 Å². The van der Waals surface area contributed by atoms with E-state index >= 15 is 0 Å². The Hall–Kier alpha value is -2.51. The number of aromatic hydroxyl groups is 2. The summed E-state index contributed by atoms with van der Waals surface area (Å²) in [6.45, 7) is 0. The number of hydrogen-bond donors (Lipinski definition) is 3. The third kappa shape index (κ3) is 3.30. The summed E-state index contributed by atoms with van der Waals surface area (Å²) in [4.78, 5) is 12.8. The third-order valence-corrected chi connectivity index (χ3v) is 4.41. The first-order valence-corrected chi connectivity index (χ1v) is 7.89. The van der Waals surface area contributed by atoms with Crippen molar-refractivity contribution in [1.29, 1.82) is 0 Å². The molecule has 0 atom stereocenters. The van der Waals surface area contributed by atoms with Gasteiger partial charge in [0.05, 0.1) is 10.6 Å². The van der Waals surface area contributed by atoms with Gasteiger partial charge in [0.25, 0.3) is 5.91 Å². The molecule has 0 saturated carbocycles. The van der Waals surface area contributed by atoms with Crippen molar-refractivity contribution >= 4 is 46.0 Å². The fraction of sp³-hybridized carbons (Fsp3) is 0. The largest absolute Gasteiger partial charge is 0.508 e. The topological polar surface area (TPSA) is 72.8 Å². The van der Waals surface area contributed by atoms with Crippen LogP contribution in [-0.4, -0.2) is 25.4 Å². The van der Waals surface area contributed by atoms with E-state index in [-0.39, 0.29) is 17.4 Å². The van der Waals surface area contributed by atoms with Crippen LogP contribution in [0, 0.1) is 0 Å². The van der Waals surface area contributed by atoms with Gasteiger partial charge < -0.3 is 10.2 Å². The second-order valence-electron chi connectivity index (χ2n) is 4.74. The SMILES string of the molecule is O=C1/C(=C\c2ccc(O)cc2O)SC(=S)N1Nc1ccccc1. The number of thioether (sulfide) groups is 1. The van der Waals surface area contributed by atoms with E-state index in [2.05, 4.69) is 5.43 Å². The molecule has 0 radical (unpaired) electrons. The summed E-state index contributed by atoms with van der Waals surface area (Å²) in [5.41, 5.74) is 4.14. The van der Waals surface area contributed by atoms with Gasteiger partial charge in [-0.2, -0.15) is 0 Å². The molecule has 1 fully saturated rings. The number of hydrazine groups is 1. The first kappa shape index (κ1) is 15.4. The zero-order valence-electron chi connectivity index (χ0n) is 11.8. The lowest BCUT2D eigenvalue weighted by molar-refractivity contribution is -0.121. The van der Waals surface area contributed by atoms with E-state index in [0.29, 0.717) is 14.8 Å². The zero-order chi connectivity index (χ0) is 16.4. The number of amides is 1. The third-order valence-electron chi connectivity index (χ3n) is 3.11. The lowest BCUT2D eigenvalue weighted by atomic mass is 10.1. The van der Waals surface area contributed by atoms with Crippen LogP contribution >= 0.6 is 24.0 Å². The Kier molecular flexibility index (Phi) is 4.22. The molecule has 0 aliphatic carbocycles. The summed E-state index contributed by atoms with van der Waals surface area (Å²) in [7, 11) is 0. The van der Waals surface area contributed by atoms with Crippen LogP contribution in [0.15, 0.2) is 53.4 Å². The standard InChI is InChI=1S/C16H12N2O3S2/c19-12-7-6-10(13(20)9-12)8-14-15(21)18(16(22)23-14)17-11-4-2-1-3-5-11/h1-9,17,19-20H/b14-8+. The lowest BCUT2D eigenvalue weighted by Gasteiger charge is -2.16. The molecule has 1 heterocycles. The molecule has 7 heteroatoms. The molecular weight excluding hydrogens is 332 g/mol. The molecular formula is C16H12N2O3S2. The number of phenolic OH excluding ortho intramolecular Hbond substituents is 2. The first-order valence-electron chi connectivity index (χ1n) is 6.66. The Morgan fingerprint density at radius 2 is 1.87 bits per heavy atom. The maximum absolute atomic E-state index is 12.5. The molecule has 2 aromatic rings. The first-order chi connectivity index (χ1) is 11.0. The normalized spacial score (nSPS) is 16.2. The van der Waals surface area contributed by atoms with Crippen LogP contribution in [0.3, 0.4) is 0 Å². The molecule has 3 N–H and O–H groups in total. The van der Waals surface area contributed by atoms with Gasteiger partial charge in [0.15, 0.2) is 4.32 Å². The summed E-state index contributed by atoms with van der Waals surface area (Å²) in [6, 6.07) is 13.4. The van der Waals surface area contributed by atoms with E-state index in [4.69, 9.17) is 12.2 Å². The highest BCUT2D eigenvalue weighted by atomic mass is 32.2. The molecule has 1 amide bonds. The molecule has 3 rings (SSSR count). The molecule has 1 saturated heterocycles. The molecule has 116 valence electrons. The molecule has 0 unspecified atom stereocenters. The maximum atomic E-state index is 12.5. The summed E-state index contributed by atoms with van der Waals surface area (Å²) in [5, 5.41) is 20.4.